The number of amides is 1. The topological polar surface area (TPSA) is 70.7 Å². The zero-order chi connectivity index (χ0) is 19.1. The molecule has 1 N–H and O–H groups in total. The third kappa shape index (κ3) is 2.63. The predicted octanol–water partition coefficient (Wildman–Crippen LogP) is 3.02. The molecule has 3 unspecified atom stereocenters. The lowest BCUT2D eigenvalue weighted by atomic mass is 9.66. The van der Waals surface area contributed by atoms with E-state index < -0.39 is 5.60 Å². The maximum absolute atomic E-state index is 13.4. The van der Waals surface area contributed by atoms with E-state index in [-0.39, 0.29) is 17.9 Å². The molecule has 1 saturated carbocycles. The summed E-state index contributed by atoms with van der Waals surface area (Å²) in [6.45, 7) is 0.528. The Morgan fingerprint density at radius 2 is 1.93 bits per heavy atom. The molecule has 5 rings (SSSR count). The second-order valence-electron chi connectivity index (χ2n) is 7.93. The van der Waals surface area contributed by atoms with Gasteiger partial charge in [0.15, 0.2) is 5.65 Å². The molecule has 1 aliphatic heterocycles. The molecular weight excluding hydrogens is 352 g/mol. The predicted molar refractivity (Wildman–Crippen MR) is 105 cm³/mol. The fraction of sp³-hybridized carbons (Fsp3) is 0.409. The van der Waals surface area contributed by atoms with Crippen LogP contribution < -0.4 is 0 Å². The van der Waals surface area contributed by atoms with E-state index in [1.54, 1.807) is 22.9 Å². The van der Waals surface area contributed by atoms with E-state index in [0.717, 1.165) is 31.2 Å². The second-order valence-corrected chi connectivity index (χ2v) is 7.93. The number of hydrogen-bond acceptors (Lipinski definition) is 4. The van der Waals surface area contributed by atoms with E-state index in [1.165, 1.54) is 0 Å². The number of rotatable bonds is 2. The van der Waals surface area contributed by atoms with Crippen LogP contribution in [0.3, 0.4) is 0 Å². The molecule has 2 aromatic heterocycles. The van der Waals surface area contributed by atoms with Gasteiger partial charge in [-0.25, -0.2) is 9.97 Å². The Labute approximate surface area is 163 Å². The first-order valence-electron chi connectivity index (χ1n) is 10.1. The van der Waals surface area contributed by atoms with Gasteiger partial charge in [0, 0.05) is 30.9 Å². The molecule has 0 radical (unpaired) electrons. The Morgan fingerprint density at radius 3 is 2.79 bits per heavy atom. The van der Waals surface area contributed by atoms with Crippen LogP contribution in [0.25, 0.3) is 5.65 Å². The van der Waals surface area contributed by atoms with Gasteiger partial charge in [0.25, 0.3) is 5.91 Å². The SMILES string of the molecule is O=C(c1ncc2ncccn12)N1CCC(O)(c2ccccc2)C2CCCCC21. The van der Waals surface area contributed by atoms with Crippen LogP contribution in [0.2, 0.25) is 0 Å². The number of likely N-dealkylation sites (tertiary alicyclic amines) is 1. The van der Waals surface area contributed by atoms with Gasteiger partial charge in [-0.05, 0) is 30.9 Å². The average Bonchev–Trinajstić information content (AvgIpc) is 3.19. The van der Waals surface area contributed by atoms with Crippen molar-refractivity contribution in [2.75, 3.05) is 6.54 Å². The highest BCUT2D eigenvalue weighted by atomic mass is 16.3. The lowest BCUT2D eigenvalue weighted by molar-refractivity contribution is -0.110. The maximum Gasteiger partial charge on any atom is 0.290 e. The number of hydrogen-bond donors (Lipinski definition) is 1. The zero-order valence-electron chi connectivity index (χ0n) is 15.7. The highest BCUT2D eigenvalue weighted by Gasteiger charge is 2.50. The van der Waals surface area contributed by atoms with E-state index >= 15 is 0 Å². The molecule has 1 aliphatic carbocycles. The molecule has 144 valence electrons. The quantitative estimate of drug-likeness (QED) is 0.746. The number of aliphatic hydroxyl groups is 1. The number of imidazole rings is 1. The summed E-state index contributed by atoms with van der Waals surface area (Å²) in [7, 11) is 0. The van der Waals surface area contributed by atoms with Crippen molar-refractivity contribution in [1.82, 2.24) is 19.3 Å². The van der Waals surface area contributed by atoms with E-state index in [1.807, 2.05) is 41.4 Å². The summed E-state index contributed by atoms with van der Waals surface area (Å²) in [6.07, 6.45) is 9.74. The lowest BCUT2D eigenvalue weighted by Gasteiger charge is -2.52. The summed E-state index contributed by atoms with van der Waals surface area (Å²) in [6, 6.07) is 11.8. The largest absolute Gasteiger partial charge is 0.385 e. The summed E-state index contributed by atoms with van der Waals surface area (Å²) in [4.78, 5) is 24.0. The third-order valence-electron chi connectivity index (χ3n) is 6.51. The first-order valence-corrected chi connectivity index (χ1v) is 10.1. The van der Waals surface area contributed by atoms with E-state index in [4.69, 9.17) is 0 Å². The smallest absolute Gasteiger partial charge is 0.290 e. The van der Waals surface area contributed by atoms with Gasteiger partial charge in [0.1, 0.15) is 0 Å². The van der Waals surface area contributed by atoms with Crippen molar-refractivity contribution < 1.29 is 9.90 Å². The Morgan fingerprint density at radius 1 is 1.11 bits per heavy atom. The molecule has 3 heterocycles. The number of nitrogens with zero attached hydrogens (tertiary/aromatic N) is 4. The summed E-state index contributed by atoms with van der Waals surface area (Å²) in [5.74, 6) is 0.378. The van der Waals surface area contributed by atoms with E-state index in [9.17, 15) is 9.90 Å². The first kappa shape index (κ1) is 17.4. The average molecular weight is 376 g/mol. The van der Waals surface area contributed by atoms with Crippen LogP contribution in [0, 0.1) is 5.92 Å². The Bertz CT molecular complexity index is 1000. The van der Waals surface area contributed by atoms with E-state index in [2.05, 4.69) is 9.97 Å². The van der Waals surface area contributed by atoms with Crippen LogP contribution >= 0.6 is 0 Å². The van der Waals surface area contributed by atoms with Crippen LogP contribution in [0.15, 0.2) is 55.0 Å². The molecule has 1 aromatic carbocycles. The van der Waals surface area contributed by atoms with Gasteiger partial charge in [-0.2, -0.15) is 0 Å². The Balaban J connectivity index is 1.50. The minimum atomic E-state index is -0.876. The fourth-order valence-corrected chi connectivity index (χ4v) is 5.15. The van der Waals surface area contributed by atoms with Crippen molar-refractivity contribution in [3.63, 3.8) is 0 Å². The second kappa shape index (κ2) is 6.71. The zero-order valence-corrected chi connectivity index (χ0v) is 15.7. The van der Waals surface area contributed by atoms with Gasteiger partial charge in [-0.15, -0.1) is 0 Å². The maximum atomic E-state index is 13.4. The molecule has 6 nitrogen and oxygen atoms in total. The van der Waals surface area contributed by atoms with Crippen molar-refractivity contribution in [2.24, 2.45) is 5.92 Å². The standard InChI is InChI=1S/C22H24N4O2/c27-21(20-24-15-19-23-12-6-13-26(19)20)25-14-11-22(28,16-7-2-1-3-8-16)17-9-4-5-10-18(17)25/h1-3,6-8,12-13,15,17-18,28H,4-5,9-11,14H2. The molecule has 6 heteroatoms. The van der Waals surface area contributed by atoms with Crippen molar-refractivity contribution in [2.45, 2.75) is 43.7 Å². The molecule has 1 amide bonds. The molecule has 2 fully saturated rings. The van der Waals surface area contributed by atoms with E-state index in [0.29, 0.717) is 24.4 Å². The minimum Gasteiger partial charge on any atom is -0.385 e. The van der Waals surface area contributed by atoms with Crippen LogP contribution in [0.5, 0.6) is 0 Å². The number of carbonyl (C=O) groups excluding carboxylic acids is 1. The molecule has 1 saturated heterocycles. The number of fused-ring (bicyclic) bond motifs is 2. The van der Waals surface area contributed by atoms with Crippen LogP contribution in [-0.4, -0.2) is 42.9 Å². The molecule has 28 heavy (non-hydrogen) atoms. The van der Waals surface area contributed by atoms with Crippen molar-refractivity contribution >= 4 is 11.6 Å². The third-order valence-corrected chi connectivity index (χ3v) is 6.51. The van der Waals surface area contributed by atoms with Crippen molar-refractivity contribution in [1.29, 1.82) is 0 Å². The minimum absolute atomic E-state index is 0.0317. The monoisotopic (exact) mass is 376 g/mol. The molecule has 0 bridgehead atoms. The van der Waals surface area contributed by atoms with Crippen LogP contribution in [0.1, 0.15) is 48.3 Å². The summed E-state index contributed by atoms with van der Waals surface area (Å²) >= 11 is 0. The summed E-state index contributed by atoms with van der Waals surface area (Å²) in [5.41, 5.74) is 0.762. The molecule has 2 aliphatic rings. The highest BCUT2D eigenvalue weighted by molar-refractivity contribution is 5.92. The highest BCUT2D eigenvalue weighted by Crippen LogP contribution is 2.47. The Hall–Kier alpha value is -2.73. The normalized spacial score (nSPS) is 27.5. The van der Waals surface area contributed by atoms with Crippen molar-refractivity contribution in [3.05, 3.63) is 66.4 Å². The van der Waals surface area contributed by atoms with Gasteiger partial charge in [-0.1, -0.05) is 43.2 Å². The Kier molecular flexibility index (Phi) is 4.16. The fourth-order valence-electron chi connectivity index (χ4n) is 5.15. The summed E-state index contributed by atoms with van der Waals surface area (Å²) < 4.78 is 1.75. The van der Waals surface area contributed by atoms with Gasteiger partial charge in [0.05, 0.1) is 11.8 Å². The summed E-state index contributed by atoms with van der Waals surface area (Å²) in [5, 5.41) is 11.7. The number of piperidine rings is 1. The molecule has 0 spiro atoms. The van der Waals surface area contributed by atoms with Gasteiger partial charge < -0.3 is 10.0 Å². The molecular formula is C22H24N4O2. The van der Waals surface area contributed by atoms with Crippen LogP contribution in [0.4, 0.5) is 0 Å². The molecule has 3 aromatic rings. The van der Waals surface area contributed by atoms with Gasteiger partial charge in [-0.3, -0.25) is 9.20 Å². The molecule has 3 atom stereocenters. The number of aromatic nitrogens is 3. The van der Waals surface area contributed by atoms with Gasteiger partial charge >= 0.3 is 0 Å². The number of benzene rings is 1. The number of carbonyl (C=O) groups is 1. The van der Waals surface area contributed by atoms with Gasteiger partial charge in [0.2, 0.25) is 5.82 Å². The first-order chi connectivity index (χ1) is 13.7. The van der Waals surface area contributed by atoms with Crippen LogP contribution in [-0.2, 0) is 5.60 Å². The van der Waals surface area contributed by atoms with Crippen molar-refractivity contribution in [3.8, 4) is 0 Å². The lowest BCUT2D eigenvalue weighted by Crippen LogP contribution is -2.59.